The summed E-state index contributed by atoms with van der Waals surface area (Å²) in [6.45, 7) is 4.22. The molecule has 0 bridgehead atoms. The summed E-state index contributed by atoms with van der Waals surface area (Å²) in [5.41, 5.74) is 0.700. The first kappa shape index (κ1) is 11.7. The first-order chi connectivity index (χ1) is 5.61. The van der Waals surface area contributed by atoms with Gasteiger partial charge in [-0.05, 0) is 12.3 Å². The van der Waals surface area contributed by atoms with Crippen molar-refractivity contribution in [2.45, 2.75) is 20.3 Å². The Labute approximate surface area is 82.1 Å². The number of ether oxygens (including phenoxy) is 1. The van der Waals surface area contributed by atoms with Crippen molar-refractivity contribution in [3.63, 3.8) is 0 Å². The third kappa shape index (κ3) is 4.54. The van der Waals surface area contributed by atoms with Gasteiger partial charge in [0.2, 0.25) is 0 Å². The van der Waals surface area contributed by atoms with Crippen LogP contribution in [-0.2, 0) is 9.53 Å². The van der Waals surface area contributed by atoms with Gasteiger partial charge in [0.1, 0.15) is 0 Å². The Morgan fingerprint density at radius 2 is 2.17 bits per heavy atom. The molecule has 0 aliphatic heterocycles. The van der Waals surface area contributed by atoms with Crippen LogP contribution in [0.3, 0.4) is 0 Å². The van der Waals surface area contributed by atoms with Crippen molar-refractivity contribution in [3.8, 4) is 0 Å². The monoisotopic (exact) mass is 234 g/mol. The lowest BCUT2D eigenvalue weighted by atomic mass is 10.1. The summed E-state index contributed by atoms with van der Waals surface area (Å²) < 4.78 is 4.60. The van der Waals surface area contributed by atoms with E-state index in [0.29, 0.717) is 16.8 Å². The van der Waals surface area contributed by atoms with Crippen molar-refractivity contribution in [1.29, 1.82) is 0 Å². The standard InChI is InChI=1S/C9H15BrO2/c1-7(2)4-5-8(6-10)9(11)12-3/h5,7H,4,6H2,1-3H3. The highest BCUT2D eigenvalue weighted by molar-refractivity contribution is 9.09. The van der Waals surface area contributed by atoms with Gasteiger partial charge in [-0.1, -0.05) is 35.9 Å². The Kier molecular flexibility index (Phi) is 6.07. The number of hydrogen-bond acceptors (Lipinski definition) is 2. The van der Waals surface area contributed by atoms with Crippen molar-refractivity contribution >= 4 is 21.9 Å². The number of halogens is 1. The zero-order chi connectivity index (χ0) is 9.56. The van der Waals surface area contributed by atoms with Crippen LogP contribution in [0.4, 0.5) is 0 Å². The summed E-state index contributed by atoms with van der Waals surface area (Å²) >= 11 is 3.24. The predicted molar refractivity (Wildman–Crippen MR) is 53.3 cm³/mol. The summed E-state index contributed by atoms with van der Waals surface area (Å²) in [5, 5.41) is 0.562. The van der Waals surface area contributed by atoms with Gasteiger partial charge in [-0.3, -0.25) is 0 Å². The number of rotatable bonds is 4. The fraction of sp³-hybridized carbons (Fsp3) is 0.667. The van der Waals surface area contributed by atoms with Crippen LogP contribution < -0.4 is 0 Å². The van der Waals surface area contributed by atoms with E-state index in [4.69, 9.17) is 0 Å². The van der Waals surface area contributed by atoms with Gasteiger partial charge in [0.15, 0.2) is 0 Å². The highest BCUT2D eigenvalue weighted by atomic mass is 79.9. The fourth-order valence-electron chi connectivity index (χ4n) is 0.701. The predicted octanol–water partition coefficient (Wildman–Crippen LogP) is 2.53. The van der Waals surface area contributed by atoms with E-state index in [-0.39, 0.29) is 5.97 Å². The molecule has 70 valence electrons. The minimum absolute atomic E-state index is 0.243. The first-order valence-electron chi connectivity index (χ1n) is 3.95. The molecule has 0 rings (SSSR count). The molecule has 0 amide bonds. The van der Waals surface area contributed by atoms with Gasteiger partial charge in [-0.15, -0.1) is 0 Å². The van der Waals surface area contributed by atoms with Gasteiger partial charge in [0.25, 0.3) is 0 Å². The molecule has 2 nitrogen and oxygen atoms in total. The Hall–Kier alpha value is -0.310. The van der Waals surface area contributed by atoms with Crippen LogP contribution in [0, 0.1) is 5.92 Å². The zero-order valence-corrected chi connectivity index (χ0v) is 9.35. The number of alkyl halides is 1. The lowest BCUT2D eigenvalue weighted by Crippen LogP contribution is -2.06. The van der Waals surface area contributed by atoms with Gasteiger partial charge in [0, 0.05) is 10.9 Å². The molecule has 0 aromatic rings. The van der Waals surface area contributed by atoms with E-state index in [1.165, 1.54) is 7.11 Å². The third-order valence-electron chi connectivity index (χ3n) is 1.43. The molecule has 0 aromatic heterocycles. The lowest BCUT2D eigenvalue weighted by molar-refractivity contribution is -0.135. The van der Waals surface area contributed by atoms with Crippen molar-refractivity contribution < 1.29 is 9.53 Å². The SMILES string of the molecule is COC(=O)C(=CCC(C)C)CBr. The summed E-state index contributed by atoms with van der Waals surface area (Å²) in [6, 6.07) is 0. The number of esters is 1. The molecule has 12 heavy (non-hydrogen) atoms. The zero-order valence-electron chi connectivity index (χ0n) is 7.76. The molecule has 0 aliphatic carbocycles. The van der Waals surface area contributed by atoms with E-state index in [2.05, 4.69) is 34.5 Å². The maximum atomic E-state index is 11.0. The van der Waals surface area contributed by atoms with E-state index >= 15 is 0 Å². The summed E-state index contributed by atoms with van der Waals surface area (Å²) in [4.78, 5) is 11.0. The smallest absolute Gasteiger partial charge is 0.334 e. The minimum atomic E-state index is -0.243. The Bertz CT molecular complexity index is 173. The molecule has 0 radical (unpaired) electrons. The second-order valence-corrected chi connectivity index (χ2v) is 3.54. The van der Waals surface area contributed by atoms with E-state index in [1.54, 1.807) is 0 Å². The van der Waals surface area contributed by atoms with E-state index < -0.39 is 0 Å². The number of methoxy groups -OCH3 is 1. The summed E-state index contributed by atoms with van der Waals surface area (Å²) in [7, 11) is 1.40. The van der Waals surface area contributed by atoms with Gasteiger partial charge in [0.05, 0.1) is 7.11 Å². The van der Waals surface area contributed by atoms with Crippen LogP contribution in [0.25, 0.3) is 0 Å². The van der Waals surface area contributed by atoms with E-state index in [9.17, 15) is 4.79 Å². The largest absolute Gasteiger partial charge is 0.466 e. The Morgan fingerprint density at radius 3 is 2.50 bits per heavy atom. The van der Waals surface area contributed by atoms with Crippen LogP contribution in [-0.4, -0.2) is 18.4 Å². The van der Waals surface area contributed by atoms with Crippen LogP contribution in [0.15, 0.2) is 11.6 Å². The molecule has 0 aliphatic rings. The van der Waals surface area contributed by atoms with Crippen molar-refractivity contribution in [1.82, 2.24) is 0 Å². The molecular formula is C9H15BrO2. The molecule has 0 saturated carbocycles. The van der Waals surface area contributed by atoms with Crippen LogP contribution in [0.1, 0.15) is 20.3 Å². The number of allylic oxidation sites excluding steroid dienone is 1. The number of carbonyl (C=O) groups is 1. The average molecular weight is 235 g/mol. The molecule has 0 spiro atoms. The molecule has 0 aromatic carbocycles. The molecule has 0 heterocycles. The lowest BCUT2D eigenvalue weighted by Gasteiger charge is -2.02. The van der Waals surface area contributed by atoms with E-state index in [1.807, 2.05) is 6.08 Å². The van der Waals surface area contributed by atoms with Crippen molar-refractivity contribution in [3.05, 3.63) is 11.6 Å². The second kappa shape index (κ2) is 6.23. The molecular weight excluding hydrogens is 220 g/mol. The number of hydrogen-bond donors (Lipinski definition) is 0. The molecule has 0 unspecified atom stereocenters. The Balaban J connectivity index is 4.13. The van der Waals surface area contributed by atoms with Crippen molar-refractivity contribution in [2.24, 2.45) is 5.92 Å². The normalized spacial score (nSPS) is 11.9. The number of carbonyl (C=O) groups excluding carboxylic acids is 1. The molecule has 3 heteroatoms. The third-order valence-corrected chi connectivity index (χ3v) is 2.03. The topological polar surface area (TPSA) is 26.3 Å². The maximum absolute atomic E-state index is 11.0. The second-order valence-electron chi connectivity index (χ2n) is 2.98. The van der Waals surface area contributed by atoms with Crippen molar-refractivity contribution in [2.75, 3.05) is 12.4 Å². The van der Waals surface area contributed by atoms with Crippen LogP contribution >= 0.6 is 15.9 Å². The quantitative estimate of drug-likeness (QED) is 0.425. The average Bonchev–Trinajstić information content (AvgIpc) is 2.04. The van der Waals surface area contributed by atoms with Gasteiger partial charge in [-0.25, -0.2) is 4.79 Å². The van der Waals surface area contributed by atoms with Crippen LogP contribution in [0.2, 0.25) is 0 Å². The van der Waals surface area contributed by atoms with Gasteiger partial charge < -0.3 is 4.74 Å². The highest BCUT2D eigenvalue weighted by Crippen LogP contribution is 2.08. The fourth-order valence-corrected chi connectivity index (χ4v) is 1.16. The summed E-state index contributed by atoms with van der Waals surface area (Å²) in [6.07, 6.45) is 2.83. The first-order valence-corrected chi connectivity index (χ1v) is 5.07. The Morgan fingerprint density at radius 1 is 1.58 bits per heavy atom. The maximum Gasteiger partial charge on any atom is 0.334 e. The summed E-state index contributed by atoms with van der Waals surface area (Å²) in [5.74, 6) is 0.330. The molecule has 0 saturated heterocycles. The molecule has 0 N–H and O–H groups in total. The van der Waals surface area contributed by atoms with Crippen LogP contribution in [0.5, 0.6) is 0 Å². The highest BCUT2D eigenvalue weighted by Gasteiger charge is 2.06. The minimum Gasteiger partial charge on any atom is -0.466 e. The van der Waals surface area contributed by atoms with Gasteiger partial charge >= 0.3 is 5.97 Å². The molecule has 0 atom stereocenters. The van der Waals surface area contributed by atoms with Gasteiger partial charge in [-0.2, -0.15) is 0 Å². The van der Waals surface area contributed by atoms with E-state index in [0.717, 1.165) is 6.42 Å². The molecule has 0 fully saturated rings.